The van der Waals surface area contributed by atoms with E-state index in [1.54, 1.807) is 0 Å². The minimum absolute atomic E-state index is 0.0930. The number of rotatable bonds is 7. The molecule has 1 aliphatic rings. The fourth-order valence-electron chi connectivity index (χ4n) is 2.92. The largest absolute Gasteiger partial charge is 0.312 e. The van der Waals surface area contributed by atoms with Gasteiger partial charge in [0.1, 0.15) is 9.97 Å². The van der Waals surface area contributed by atoms with E-state index in [1.165, 1.54) is 0 Å². The molecule has 2 unspecified atom stereocenters. The average Bonchev–Trinajstić information content (AvgIpc) is 2.36. The minimum Gasteiger partial charge on any atom is -0.312 e. The van der Waals surface area contributed by atoms with Gasteiger partial charge in [-0.25, -0.2) is 0 Å². The van der Waals surface area contributed by atoms with E-state index in [1.807, 2.05) is 12.2 Å². The van der Waals surface area contributed by atoms with Gasteiger partial charge in [-0.2, -0.15) is 0 Å². The van der Waals surface area contributed by atoms with Crippen LogP contribution in [0, 0.1) is 12.3 Å². The molecule has 0 fully saturated rings. The highest BCUT2D eigenvalue weighted by Gasteiger charge is 2.42. The van der Waals surface area contributed by atoms with Crippen LogP contribution >= 0.6 is 45.8 Å². The van der Waals surface area contributed by atoms with Crippen molar-refractivity contribution in [2.45, 2.75) is 35.5 Å². The van der Waals surface area contributed by atoms with Crippen molar-refractivity contribution >= 4 is 45.8 Å². The molecule has 1 nitrogen and oxygen atoms in total. The van der Waals surface area contributed by atoms with Gasteiger partial charge in [0, 0.05) is 5.03 Å². The van der Waals surface area contributed by atoms with Crippen molar-refractivity contribution in [3.63, 3.8) is 0 Å². The molecule has 0 aromatic carbocycles. The highest BCUT2D eigenvalue weighted by atomic mass is 127. The Balaban J connectivity index is 2.99. The first-order valence-corrected chi connectivity index (χ1v) is 8.99. The summed E-state index contributed by atoms with van der Waals surface area (Å²) in [6.07, 6.45) is 13.9. The summed E-state index contributed by atoms with van der Waals surface area (Å²) in [5.74, 6) is 2.87. The first-order valence-electron chi connectivity index (χ1n) is 7.09. The second kappa shape index (κ2) is 8.08. The summed E-state index contributed by atoms with van der Waals surface area (Å²) in [6.45, 7) is 8.33. The van der Waals surface area contributed by atoms with Crippen LogP contribution in [0.1, 0.15) is 26.7 Å². The Morgan fingerprint density at radius 1 is 1.40 bits per heavy atom. The Bertz CT molecular complexity index is 419. The highest BCUT2D eigenvalue weighted by molar-refractivity contribution is 14.1. The Morgan fingerprint density at radius 2 is 2.00 bits per heavy atom. The molecule has 0 aliphatic heterocycles. The highest BCUT2D eigenvalue weighted by Crippen LogP contribution is 2.38. The maximum Gasteiger partial charge on any atom is 0.140 e. The molecule has 0 aromatic heterocycles. The number of halogens is 3. The number of alkyl halides is 2. The van der Waals surface area contributed by atoms with Crippen molar-refractivity contribution in [3.05, 3.63) is 23.3 Å². The number of quaternary nitrogens is 1. The zero-order valence-electron chi connectivity index (χ0n) is 12.2. The fourth-order valence-corrected chi connectivity index (χ4v) is 4.54. The van der Waals surface area contributed by atoms with Gasteiger partial charge < -0.3 is 4.48 Å². The Morgan fingerprint density at radius 3 is 2.45 bits per heavy atom. The average molecular weight is 427 g/mol. The van der Waals surface area contributed by atoms with Crippen LogP contribution in [0.3, 0.4) is 0 Å². The lowest BCUT2D eigenvalue weighted by atomic mass is 9.97. The number of nitrogens with zero attached hydrogens (tertiary/aromatic N) is 1. The molecule has 0 aromatic rings. The zero-order valence-corrected chi connectivity index (χ0v) is 15.9. The second-order valence-electron chi connectivity index (χ2n) is 5.52. The zero-order chi connectivity index (χ0) is 15.2. The Labute approximate surface area is 147 Å². The normalized spacial score (nSPS) is 26.2. The lowest BCUT2D eigenvalue weighted by molar-refractivity contribution is -0.922. The predicted octanol–water partition coefficient (Wildman–Crippen LogP) is 4.73. The standard InChI is InChI=1S/C16H23Cl2IN/c1-4-9-20(10-5-2,11-6-3)13-16(19)8-7-14(17)12-15(16)18/h1,7-8,12,15H,5-6,9-11,13H2,2-3H3/q+1. The summed E-state index contributed by atoms with van der Waals surface area (Å²) in [5, 5.41) is 0.628. The molecule has 0 radical (unpaired) electrons. The van der Waals surface area contributed by atoms with E-state index >= 15 is 0 Å². The van der Waals surface area contributed by atoms with E-state index < -0.39 is 0 Å². The van der Waals surface area contributed by atoms with E-state index in [0.29, 0.717) is 0 Å². The van der Waals surface area contributed by atoms with Crippen molar-refractivity contribution in [2.24, 2.45) is 0 Å². The van der Waals surface area contributed by atoms with Gasteiger partial charge in [0.05, 0.1) is 25.0 Å². The maximum atomic E-state index is 6.54. The van der Waals surface area contributed by atoms with Crippen LogP contribution in [0.4, 0.5) is 0 Å². The van der Waals surface area contributed by atoms with E-state index in [2.05, 4.69) is 48.4 Å². The van der Waals surface area contributed by atoms with Crippen molar-refractivity contribution in [3.8, 4) is 12.3 Å². The van der Waals surface area contributed by atoms with Crippen LogP contribution in [0.15, 0.2) is 23.3 Å². The predicted molar refractivity (Wildman–Crippen MR) is 98.6 cm³/mol. The SMILES string of the molecule is C#CC[N+](CCC)(CCC)CC1(I)C=CC(Cl)=CC1Cl. The van der Waals surface area contributed by atoms with E-state index in [9.17, 15) is 0 Å². The quantitative estimate of drug-likeness (QED) is 0.239. The van der Waals surface area contributed by atoms with Gasteiger partial charge in [0.25, 0.3) is 0 Å². The molecule has 20 heavy (non-hydrogen) atoms. The third-order valence-electron chi connectivity index (χ3n) is 3.68. The van der Waals surface area contributed by atoms with Crippen molar-refractivity contribution < 1.29 is 4.48 Å². The number of allylic oxidation sites excluding steroid dienone is 3. The second-order valence-corrected chi connectivity index (χ2v) is 8.44. The molecule has 0 spiro atoms. The third kappa shape index (κ3) is 4.66. The van der Waals surface area contributed by atoms with Crippen LogP contribution in [0.25, 0.3) is 0 Å². The molecule has 0 N–H and O–H groups in total. The van der Waals surface area contributed by atoms with Crippen LogP contribution in [0.5, 0.6) is 0 Å². The molecular formula is C16H23Cl2IN+. The van der Waals surface area contributed by atoms with E-state index in [-0.39, 0.29) is 8.80 Å². The van der Waals surface area contributed by atoms with Gasteiger partial charge in [0.15, 0.2) is 0 Å². The van der Waals surface area contributed by atoms with Gasteiger partial charge in [-0.3, -0.25) is 0 Å². The lowest BCUT2D eigenvalue weighted by Crippen LogP contribution is -2.57. The summed E-state index contributed by atoms with van der Waals surface area (Å²) < 4.78 is 0.810. The van der Waals surface area contributed by atoms with Crippen LogP contribution < -0.4 is 0 Å². The van der Waals surface area contributed by atoms with E-state index in [4.69, 9.17) is 29.6 Å². The molecule has 2 atom stereocenters. The van der Waals surface area contributed by atoms with Crippen LogP contribution in [-0.2, 0) is 0 Å². The topological polar surface area (TPSA) is 0 Å². The number of terminal acetylenes is 1. The minimum atomic E-state index is -0.126. The molecule has 1 aliphatic carbocycles. The third-order valence-corrected chi connectivity index (χ3v) is 6.19. The van der Waals surface area contributed by atoms with Crippen molar-refractivity contribution in [1.29, 1.82) is 0 Å². The van der Waals surface area contributed by atoms with Crippen molar-refractivity contribution in [2.75, 3.05) is 26.2 Å². The first-order chi connectivity index (χ1) is 9.41. The molecule has 112 valence electrons. The van der Waals surface area contributed by atoms with Gasteiger partial charge in [0.2, 0.25) is 0 Å². The fraction of sp³-hybridized carbons (Fsp3) is 0.625. The van der Waals surface area contributed by atoms with Crippen LogP contribution in [0.2, 0.25) is 0 Å². The molecule has 0 saturated heterocycles. The summed E-state index contributed by atoms with van der Waals surface area (Å²) in [7, 11) is 0. The smallest absolute Gasteiger partial charge is 0.140 e. The molecule has 0 amide bonds. The van der Waals surface area contributed by atoms with Gasteiger partial charge in [-0.05, 0) is 30.9 Å². The summed E-state index contributed by atoms with van der Waals surface area (Å²) >= 11 is 15.1. The summed E-state index contributed by atoms with van der Waals surface area (Å²) in [6, 6.07) is 0. The van der Waals surface area contributed by atoms with Crippen LogP contribution in [-0.4, -0.2) is 39.5 Å². The monoisotopic (exact) mass is 426 g/mol. The molecule has 1 rings (SSSR count). The summed E-state index contributed by atoms with van der Waals surface area (Å²) in [4.78, 5) is 0. The number of hydrogen-bond acceptors (Lipinski definition) is 0. The maximum absolute atomic E-state index is 6.54. The Hall–Kier alpha value is 0.310. The first kappa shape index (κ1) is 18.4. The molecule has 4 heteroatoms. The molecule has 0 saturated carbocycles. The molecular weight excluding hydrogens is 404 g/mol. The van der Waals surface area contributed by atoms with Gasteiger partial charge in [-0.15, -0.1) is 18.0 Å². The van der Waals surface area contributed by atoms with E-state index in [0.717, 1.165) is 48.5 Å². The summed E-state index contributed by atoms with van der Waals surface area (Å²) in [5.41, 5.74) is 0. The van der Waals surface area contributed by atoms with Crippen molar-refractivity contribution in [1.82, 2.24) is 0 Å². The Kier molecular flexibility index (Phi) is 7.41. The number of hydrogen-bond donors (Lipinski definition) is 0. The van der Waals surface area contributed by atoms with Gasteiger partial charge >= 0.3 is 0 Å². The van der Waals surface area contributed by atoms with Gasteiger partial charge in [-0.1, -0.05) is 54.1 Å². The molecule has 0 heterocycles. The lowest BCUT2D eigenvalue weighted by Gasteiger charge is -2.43. The molecule has 0 bridgehead atoms.